The highest BCUT2D eigenvalue weighted by molar-refractivity contribution is 5.95. The Bertz CT molecular complexity index is 713. The number of morpholine rings is 1. The fraction of sp³-hybridized carbons (Fsp3) is 0.312. The summed E-state index contributed by atoms with van der Waals surface area (Å²) in [5, 5.41) is 6.40. The third kappa shape index (κ3) is 3.09. The Hall–Kier alpha value is -2.67. The van der Waals surface area contributed by atoms with Crippen LogP contribution in [0.2, 0.25) is 0 Å². The smallest absolute Gasteiger partial charge is 0.257 e. The average molecular weight is 315 g/mol. The van der Waals surface area contributed by atoms with E-state index in [-0.39, 0.29) is 18.4 Å². The molecule has 120 valence electrons. The Morgan fingerprint density at radius 2 is 2.09 bits per heavy atom. The molecule has 2 heterocycles. The van der Waals surface area contributed by atoms with Crippen molar-refractivity contribution in [2.75, 3.05) is 19.0 Å². The molecule has 1 saturated heterocycles. The minimum Gasteiger partial charge on any atom is -0.360 e. The van der Waals surface area contributed by atoms with Crippen molar-refractivity contribution in [3.8, 4) is 0 Å². The summed E-state index contributed by atoms with van der Waals surface area (Å²) in [5.41, 5.74) is 0.833. The second kappa shape index (κ2) is 6.21. The molecule has 2 atom stereocenters. The summed E-state index contributed by atoms with van der Waals surface area (Å²) in [7, 11) is 1.67. The van der Waals surface area contributed by atoms with E-state index in [4.69, 9.17) is 9.26 Å². The van der Waals surface area contributed by atoms with Crippen molar-refractivity contribution in [1.82, 2.24) is 10.1 Å². The summed E-state index contributed by atoms with van der Waals surface area (Å²) in [6.07, 6.45) is -0.822. The molecule has 1 fully saturated rings. The number of aryl methyl sites for hydroxylation is 1. The number of carbonyl (C=O) groups is 2. The molecule has 1 aromatic carbocycles. The Labute approximate surface area is 133 Å². The molecule has 0 unspecified atom stereocenters. The molecule has 0 aliphatic carbocycles. The number of aromatic nitrogens is 1. The first-order valence-electron chi connectivity index (χ1n) is 7.22. The molecule has 2 aromatic rings. The topological polar surface area (TPSA) is 84.7 Å². The first kappa shape index (κ1) is 15.2. The van der Waals surface area contributed by atoms with Crippen LogP contribution in [0.25, 0.3) is 0 Å². The van der Waals surface area contributed by atoms with Crippen LogP contribution in [0.5, 0.6) is 0 Å². The van der Waals surface area contributed by atoms with Crippen LogP contribution < -0.4 is 5.32 Å². The zero-order valence-corrected chi connectivity index (χ0v) is 12.9. The number of likely N-dealkylation sites (N-methyl/N-ethyl adjacent to an activating group) is 1. The van der Waals surface area contributed by atoms with Crippen LogP contribution in [0, 0.1) is 6.92 Å². The van der Waals surface area contributed by atoms with Gasteiger partial charge in [0.15, 0.2) is 11.9 Å². The van der Waals surface area contributed by atoms with Crippen LogP contribution in [-0.4, -0.2) is 41.6 Å². The molecule has 1 aliphatic rings. The van der Waals surface area contributed by atoms with Crippen molar-refractivity contribution >= 4 is 17.6 Å². The number of carbonyl (C=O) groups excluding carboxylic acids is 2. The van der Waals surface area contributed by atoms with Crippen molar-refractivity contribution in [2.45, 2.75) is 19.1 Å². The van der Waals surface area contributed by atoms with Crippen LogP contribution in [0.4, 0.5) is 5.82 Å². The predicted molar refractivity (Wildman–Crippen MR) is 81.6 cm³/mol. The molecule has 0 bridgehead atoms. The number of nitrogens with zero attached hydrogens (tertiary/aromatic N) is 2. The number of hydrogen-bond acceptors (Lipinski definition) is 5. The summed E-state index contributed by atoms with van der Waals surface area (Å²) < 4.78 is 10.4. The second-order valence-electron chi connectivity index (χ2n) is 5.40. The van der Waals surface area contributed by atoms with E-state index in [9.17, 15) is 9.59 Å². The van der Waals surface area contributed by atoms with Crippen molar-refractivity contribution in [1.29, 1.82) is 0 Å². The van der Waals surface area contributed by atoms with Gasteiger partial charge in [-0.05, 0) is 12.5 Å². The van der Waals surface area contributed by atoms with Crippen LogP contribution in [-0.2, 0) is 14.3 Å². The summed E-state index contributed by atoms with van der Waals surface area (Å²) in [6.45, 7) is 1.61. The molecular formula is C16H17N3O4. The lowest BCUT2D eigenvalue weighted by Crippen LogP contribution is -2.51. The highest BCUT2D eigenvalue weighted by atomic mass is 16.5. The number of amides is 2. The molecule has 7 heteroatoms. The zero-order chi connectivity index (χ0) is 16.4. The first-order chi connectivity index (χ1) is 11.1. The van der Waals surface area contributed by atoms with E-state index in [0.29, 0.717) is 11.6 Å². The van der Waals surface area contributed by atoms with Gasteiger partial charge in [0.25, 0.3) is 5.91 Å². The monoisotopic (exact) mass is 315 g/mol. The number of anilines is 1. The van der Waals surface area contributed by atoms with Gasteiger partial charge >= 0.3 is 0 Å². The Morgan fingerprint density at radius 3 is 2.74 bits per heavy atom. The van der Waals surface area contributed by atoms with Crippen LogP contribution in [0.1, 0.15) is 17.4 Å². The quantitative estimate of drug-likeness (QED) is 0.928. The summed E-state index contributed by atoms with van der Waals surface area (Å²) in [5.74, 6) is 0.380. The van der Waals surface area contributed by atoms with Crippen molar-refractivity contribution in [2.24, 2.45) is 0 Å². The van der Waals surface area contributed by atoms with E-state index >= 15 is 0 Å². The van der Waals surface area contributed by atoms with Gasteiger partial charge in [-0.3, -0.25) is 9.59 Å². The number of ether oxygens (including phenoxy) is 1. The predicted octanol–water partition coefficient (Wildman–Crippen LogP) is 1.52. The second-order valence-corrected chi connectivity index (χ2v) is 5.40. The van der Waals surface area contributed by atoms with Crippen molar-refractivity contribution in [3.05, 3.63) is 47.7 Å². The van der Waals surface area contributed by atoms with Gasteiger partial charge in [0.2, 0.25) is 5.91 Å². The third-order valence-electron chi connectivity index (χ3n) is 3.76. The van der Waals surface area contributed by atoms with Gasteiger partial charge in [0, 0.05) is 13.1 Å². The van der Waals surface area contributed by atoms with Gasteiger partial charge < -0.3 is 19.5 Å². The lowest BCUT2D eigenvalue weighted by atomic mass is 9.97. The van der Waals surface area contributed by atoms with Crippen LogP contribution in [0.15, 0.2) is 40.9 Å². The number of hydrogen-bond donors (Lipinski definition) is 1. The lowest BCUT2D eigenvalue weighted by Gasteiger charge is -2.38. The largest absolute Gasteiger partial charge is 0.360 e. The van der Waals surface area contributed by atoms with Gasteiger partial charge in [-0.1, -0.05) is 35.5 Å². The van der Waals surface area contributed by atoms with Crippen molar-refractivity contribution in [3.63, 3.8) is 0 Å². The van der Waals surface area contributed by atoms with Gasteiger partial charge in [0.05, 0.1) is 6.04 Å². The summed E-state index contributed by atoms with van der Waals surface area (Å²) >= 11 is 0. The fourth-order valence-electron chi connectivity index (χ4n) is 2.60. The van der Waals surface area contributed by atoms with Gasteiger partial charge in [-0.2, -0.15) is 0 Å². The lowest BCUT2D eigenvalue weighted by molar-refractivity contribution is -0.160. The molecule has 23 heavy (non-hydrogen) atoms. The highest BCUT2D eigenvalue weighted by Crippen LogP contribution is 2.29. The molecule has 0 spiro atoms. The van der Waals surface area contributed by atoms with E-state index in [0.717, 1.165) is 5.56 Å². The molecule has 0 saturated carbocycles. The third-order valence-corrected chi connectivity index (χ3v) is 3.76. The molecule has 1 aliphatic heterocycles. The number of nitrogens with one attached hydrogen (secondary N) is 1. The van der Waals surface area contributed by atoms with Crippen molar-refractivity contribution < 1.29 is 18.8 Å². The maximum Gasteiger partial charge on any atom is 0.257 e. The summed E-state index contributed by atoms with van der Waals surface area (Å²) in [6, 6.07) is 10.4. The Kier molecular flexibility index (Phi) is 4.12. The normalized spacial score (nSPS) is 21.3. The van der Waals surface area contributed by atoms with Gasteiger partial charge in [-0.25, -0.2) is 0 Å². The average Bonchev–Trinajstić information content (AvgIpc) is 2.95. The van der Waals surface area contributed by atoms with E-state index < -0.39 is 12.1 Å². The molecule has 1 aromatic heterocycles. The van der Waals surface area contributed by atoms with Gasteiger partial charge in [0.1, 0.15) is 12.4 Å². The van der Waals surface area contributed by atoms with Gasteiger partial charge in [-0.15, -0.1) is 0 Å². The minimum atomic E-state index is -0.822. The van der Waals surface area contributed by atoms with E-state index in [1.54, 1.807) is 20.0 Å². The molecule has 7 nitrogen and oxygen atoms in total. The first-order valence-corrected chi connectivity index (χ1v) is 7.22. The van der Waals surface area contributed by atoms with E-state index in [1.165, 1.54) is 4.90 Å². The highest BCUT2D eigenvalue weighted by Gasteiger charge is 2.40. The zero-order valence-electron chi connectivity index (χ0n) is 12.9. The molecular weight excluding hydrogens is 298 g/mol. The number of benzene rings is 1. The summed E-state index contributed by atoms with van der Waals surface area (Å²) in [4.78, 5) is 26.0. The Balaban J connectivity index is 1.85. The van der Waals surface area contributed by atoms with Crippen LogP contribution in [0.3, 0.4) is 0 Å². The fourth-order valence-corrected chi connectivity index (χ4v) is 2.60. The minimum absolute atomic E-state index is 0.129. The van der Waals surface area contributed by atoms with E-state index in [2.05, 4.69) is 10.5 Å². The maximum atomic E-state index is 12.6. The SMILES string of the molecule is Cc1cc(NC(=O)[C@H]2OCC(=O)N(C)[C@@H]2c2ccccc2)no1. The number of rotatable bonds is 3. The maximum absolute atomic E-state index is 12.6. The van der Waals surface area contributed by atoms with Crippen LogP contribution >= 0.6 is 0 Å². The molecule has 2 amide bonds. The molecule has 1 N–H and O–H groups in total. The molecule has 0 radical (unpaired) electrons. The van der Waals surface area contributed by atoms with E-state index in [1.807, 2.05) is 30.3 Å². The Morgan fingerprint density at radius 1 is 1.35 bits per heavy atom. The standard InChI is InChI=1S/C16H17N3O4/c1-10-8-12(18-23-10)17-16(21)15-14(11-6-4-3-5-7-11)19(2)13(20)9-22-15/h3-8,14-15H,9H2,1-2H3,(H,17,18,21)/t14-,15+/m1/s1. The molecule has 3 rings (SSSR count).